The topological polar surface area (TPSA) is 29.3 Å². The first kappa shape index (κ1) is 13.3. The summed E-state index contributed by atoms with van der Waals surface area (Å²) in [6.45, 7) is 3.09. The molecule has 96 valence electrons. The Bertz CT molecular complexity index is 453. The number of rotatable bonds is 5. The summed E-state index contributed by atoms with van der Waals surface area (Å²) < 4.78 is 0. The Morgan fingerprint density at radius 3 is 2.50 bits per heavy atom. The number of hydrogen-bond donors (Lipinski definition) is 1. The standard InChI is InChI=1S/C15H20N2S/c1-12(15-9-6-10-18-15)17(2)11-14(16)13-7-4-3-5-8-13/h3-10,12,14H,11,16H2,1-2H3. The van der Waals surface area contributed by atoms with Crippen LogP contribution in [0.2, 0.25) is 0 Å². The zero-order valence-electron chi connectivity index (χ0n) is 10.9. The van der Waals surface area contributed by atoms with Gasteiger partial charge in [0, 0.05) is 23.5 Å². The zero-order valence-corrected chi connectivity index (χ0v) is 11.7. The van der Waals surface area contributed by atoms with Crippen molar-refractivity contribution < 1.29 is 0 Å². The van der Waals surface area contributed by atoms with Crippen LogP contribution in [0.3, 0.4) is 0 Å². The molecule has 0 aliphatic heterocycles. The largest absolute Gasteiger partial charge is 0.323 e. The van der Waals surface area contributed by atoms with Gasteiger partial charge in [0.2, 0.25) is 0 Å². The Balaban J connectivity index is 1.97. The molecule has 2 rings (SSSR count). The first-order chi connectivity index (χ1) is 8.68. The maximum atomic E-state index is 6.25. The average molecular weight is 260 g/mol. The monoisotopic (exact) mass is 260 g/mol. The van der Waals surface area contributed by atoms with Crippen molar-refractivity contribution in [3.8, 4) is 0 Å². The number of hydrogen-bond acceptors (Lipinski definition) is 3. The molecule has 3 heteroatoms. The van der Waals surface area contributed by atoms with Gasteiger partial charge in [-0.25, -0.2) is 0 Å². The van der Waals surface area contributed by atoms with Gasteiger partial charge < -0.3 is 5.73 Å². The highest BCUT2D eigenvalue weighted by Gasteiger charge is 2.16. The van der Waals surface area contributed by atoms with Crippen LogP contribution < -0.4 is 5.73 Å². The van der Waals surface area contributed by atoms with E-state index in [0.29, 0.717) is 6.04 Å². The summed E-state index contributed by atoms with van der Waals surface area (Å²) in [6.07, 6.45) is 0. The van der Waals surface area contributed by atoms with Gasteiger partial charge in [-0.3, -0.25) is 4.90 Å². The van der Waals surface area contributed by atoms with Crippen LogP contribution in [0.4, 0.5) is 0 Å². The third-order valence-corrected chi connectivity index (χ3v) is 4.37. The molecular formula is C15H20N2S. The predicted molar refractivity (Wildman–Crippen MR) is 78.7 cm³/mol. The van der Waals surface area contributed by atoms with Gasteiger partial charge in [-0.1, -0.05) is 36.4 Å². The smallest absolute Gasteiger partial charge is 0.0424 e. The Morgan fingerprint density at radius 1 is 1.17 bits per heavy atom. The van der Waals surface area contributed by atoms with Crippen molar-refractivity contribution in [2.75, 3.05) is 13.6 Å². The van der Waals surface area contributed by atoms with Crippen molar-refractivity contribution in [1.82, 2.24) is 4.90 Å². The summed E-state index contributed by atoms with van der Waals surface area (Å²) in [7, 11) is 2.13. The second-order valence-electron chi connectivity index (χ2n) is 4.65. The summed E-state index contributed by atoms with van der Waals surface area (Å²) in [5.41, 5.74) is 7.45. The number of benzene rings is 1. The molecule has 0 fully saturated rings. The molecular weight excluding hydrogens is 240 g/mol. The summed E-state index contributed by atoms with van der Waals surface area (Å²) >= 11 is 1.80. The second-order valence-corrected chi connectivity index (χ2v) is 5.63. The van der Waals surface area contributed by atoms with Crippen LogP contribution in [-0.4, -0.2) is 18.5 Å². The third kappa shape index (κ3) is 3.19. The Labute approximate surface area is 113 Å². The molecule has 0 aliphatic rings. The normalized spacial score (nSPS) is 14.7. The molecule has 0 spiro atoms. The molecule has 0 aliphatic carbocycles. The highest BCUT2D eigenvalue weighted by molar-refractivity contribution is 7.10. The molecule has 1 aromatic heterocycles. The van der Waals surface area contributed by atoms with E-state index in [1.165, 1.54) is 10.4 Å². The van der Waals surface area contributed by atoms with E-state index in [4.69, 9.17) is 5.73 Å². The fraction of sp³-hybridized carbons (Fsp3) is 0.333. The molecule has 18 heavy (non-hydrogen) atoms. The summed E-state index contributed by atoms with van der Waals surface area (Å²) in [5, 5.41) is 2.12. The first-order valence-electron chi connectivity index (χ1n) is 6.22. The minimum Gasteiger partial charge on any atom is -0.323 e. The van der Waals surface area contributed by atoms with E-state index in [2.05, 4.69) is 48.5 Å². The maximum absolute atomic E-state index is 6.25. The SMILES string of the molecule is CC(c1cccs1)N(C)CC(N)c1ccccc1. The van der Waals surface area contributed by atoms with Gasteiger partial charge in [-0.15, -0.1) is 11.3 Å². The highest BCUT2D eigenvalue weighted by atomic mass is 32.1. The molecule has 1 aromatic carbocycles. The van der Waals surface area contributed by atoms with Gasteiger partial charge in [-0.2, -0.15) is 0 Å². The van der Waals surface area contributed by atoms with Crippen LogP contribution in [-0.2, 0) is 0 Å². The minimum atomic E-state index is 0.0682. The molecule has 2 atom stereocenters. The van der Waals surface area contributed by atoms with E-state index in [9.17, 15) is 0 Å². The number of nitrogens with two attached hydrogens (primary N) is 1. The first-order valence-corrected chi connectivity index (χ1v) is 7.10. The van der Waals surface area contributed by atoms with E-state index in [0.717, 1.165) is 6.54 Å². The second kappa shape index (κ2) is 6.14. The van der Waals surface area contributed by atoms with E-state index in [-0.39, 0.29) is 6.04 Å². The van der Waals surface area contributed by atoms with E-state index >= 15 is 0 Å². The van der Waals surface area contributed by atoms with Gasteiger partial charge in [0.25, 0.3) is 0 Å². The molecule has 2 nitrogen and oxygen atoms in total. The predicted octanol–water partition coefficient (Wildman–Crippen LogP) is 3.44. The minimum absolute atomic E-state index is 0.0682. The molecule has 2 aromatic rings. The zero-order chi connectivity index (χ0) is 13.0. The molecule has 0 amide bonds. The lowest BCUT2D eigenvalue weighted by Gasteiger charge is -2.27. The Morgan fingerprint density at radius 2 is 1.89 bits per heavy atom. The Kier molecular flexibility index (Phi) is 4.53. The molecule has 0 radical (unpaired) electrons. The lowest BCUT2D eigenvalue weighted by molar-refractivity contribution is 0.249. The van der Waals surface area contributed by atoms with E-state index in [1.807, 2.05) is 18.2 Å². The summed E-state index contributed by atoms with van der Waals surface area (Å²) in [4.78, 5) is 3.70. The van der Waals surface area contributed by atoms with Crippen LogP contribution in [0.1, 0.15) is 29.4 Å². The van der Waals surface area contributed by atoms with Crippen LogP contribution in [0.25, 0.3) is 0 Å². The molecule has 1 heterocycles. The van der Waals surface area contributed by atoms with Crippen molar-refractivity contribution >= 4 is 11.3 Å². The van der Waals surface area contributed by atoms with Crippen molar-refractivity contribution in [1.29, 1.82) is 0 Å². The van der Waals surface area contributed by atoms with Crippen molar-refractivity contribution in [2.24, 2.45) is 5.73 Å². The van der Waals surface area contributed by atoms with Crippen molar-refractivity contribution in [3.63, 3.8) is 0 Å². The molecule has 2 unspecified atom stereocenters. The third-order valence-electron chi connectivity index (χ3n) is 3.33. The van der Waals surface area contributed by atoms with Crippen molar-refractivity contribution in [2.45, 2.75) is 19.0 Å². The van der Waals surface area contributed by atoms with Crippen LogP contribution in [0.5, 0.6) is 0 Å². The fourth-order valence-corrected chi connectivity index (χ4v) is 2.87. The van der Waals surface area contributed by atoms with Gasteiger partial charge in [0.15, 0.2) is 0 Å². The van der Waals surface area contributed by atoms with Crippen LogP contribution >= 0.6 is 11.3 Å². The average Bonchev–Trinajstić information content (AvgIpc) is 2.92. The number of likely N-dealkylation sites (N-methyl/N-ethyl adjacent to an activating group) is 1. The van der Waals surface area contributed by atoms with E-state index < -0.39 is 0 Å². The number of thiophene rings is 1. The molecule has 0 bridgehead atoms. The van der Waals surface area contributed by atoms with Gasteiger partial charge >= 0.3 is 0 Å². The quantitative estimate of drug-likeness (QED) is 0.892. The van der Waals surface area contributed by atoms with Gasteiger partial charge in [0.1, 0.15) is 0 Å². The van der Waals surface area contributed by atoms with Gasteiger partial charge in [0.05, 0.1) is 0 Å². The number of nitrogens with zero attached hydrogens (tertiary/aromatic N) is 1. The molecule has 2 N–H and O–H groups in total. The molecule has 0 saturated carbocycles. The van der Waals surface area contributed by atoms with E-state index in [1.54, 1.807) is 11.3 Å². The Hall–Kier alpha value is -1.16. The fourth-order valence-electron chi connectivity index (χ4n) is 2.02. The van der Waals surface area contributed by atoms with Crippen LogP contribution in [0.15, 0.2) is 47.8 Å². The maximum Gasteiger partial charge on any atom is 0.0424 e. The van der Waals surface area contributed by atoms with Crippen LogP contribution in [0, 0.1) is 0 Å². The lowest BCUT2D eigenvalue weighted by Crippen LogP contribution is -2.30. The van der Waals surface area contributed by atoms with Crippen molar-refractivity contribution in [3.05, 3.63) is 58.3 Å². The summed E-state index contributed by atoms with van der Waals surface area (Å²) in [5.74, 6) is 0. The highest BCUT2D eigenvalue weighted by Crippen LogP contribution is 2.24. The molecule has 0 saturated heterocycles. The summed E-state index contributed by atoms with van der Waals surface area (Å²) in [6, 6.07) is 15.0. The van der Waals surface area contributed by atoms with Gasteiger partial charge in [-0.05, 0) is 31.0 Å². The lowest BCUT2D eigenvalue weighted by atomic mass is 10.1.